The van der Waals surface area contributed by atoms with Crippen molar-refractivity contribution in [1.29, 1.82) is 0 Å². The standard InChI is InChI=1S/C16H20O4/c1-10(7-15(18)19)6-13(17)11-4-5-14-12(8-11)16(2,3)9-20-14/h4-5,8,10H,6-7,9H2,1-3H3,(H,18,19). The number of ether oxygens (including phenoxy) is 1. The fourth-order valence-corrected chi connectivity index (χ4v) is 2.50. The van der Waals surface area contributed by atoms with Gasteiger partial charge in [0.15, 0.2) is 5.78 Å². The van der Waals surface area contributed by atoms with Crippen LogP contribution in [0, 0.1) is 5.92 Å². The highest BCUT2D eigenvalue weighted by Gasteiger charge is 2.32. The number of benzene rings is 1. The molecule has 0 bridgehead atoms. The largest absolute Gasteiger partial charge is 0.492 e. The van der Waals surface area contributed by atoms with Crippen molar-refractivity contribution in [3.8, 4) is 5.75 Å². The highest BCUT2D eigenvalue weighted by Crippen LogP contribution is 2.38. The molecule has 0 saturated carbocycles. The molecule has 0 aromatic heterocycles. The van der Waals surface area contributed by atoms with Crippen LogP contribution < -0.4 is 4.74 Å². The number of rotatable bonds is 5. The summed E-state index contributed by atoms with van der Waals surface area (Å²) in [5.74, 6) is -0.194. The minimum absolute atomic E-state index is 0.00995. The molecular formula is C16H20O4. The Labute approximate surface area is 118 Å². The normalized spacial score (nSPS) is 17.1. The van der Waals surface area contributed by atoms with Gasteiger partial charge in [0, 0.05) is 29.4 Å². The molecule has 108 valence electrons. The number of carbonyl (C=O) groups excluding carboxylic acids is 1. The van der Waals surface area contributed by atoms with Gasteiger partial charge in [-0.05, 0) is 24.1 Å². The fourth-order valence-electron chi connectivity index (χ4n) is 2.50. The van der Waals surface area contributed by atoms with E-state index in [0.717, 1.165) is 11.3 Å². The first kappa shape index (κ1) is 14.6. The lowest BCUT2D eigenvalue weighted by Crippen LogP contribution is -2.18. The van der Waals surface area contributed by atoms with Gasteiger partial charge >= 0.3 is 5.97 Å². The Hall–Kier alpha value is -1.84. The second-order valence-electron chi connectivity index (χ2n) is 6.21. The van der Waals surface area contributed by atoms with Gasteiger partial charge in [-0.1, -0.05) is 20.8 Å². The van der Waals surface area contributed by atoms with Crippen LogP contribution in [0.15, 0.2) is 18.2 Å². The molecule has 20 heavy (non-hydrogen) atoms. The van der Waals surface area contributed by atoms with Crippen molar-refractivity contribution in [2.75, 3.05) is 6.61 Å². The number of carbonyl (C=O) groups is 2. The van der Waals surface area contributed by atoms with E-state index in [0.29, 0.717) is 12.2 Å². The van der Waals surface area contributed by atoms with Gasteiger partial charge in [-0.25, -0.2) is 0 Å². The van der Waals surface area contributed by atoms with Crippen LogP contribution in [0.4, 0.5) is 0 Å². The Bertz CT molecular complexity index is 545. The highest BCUT2D eigenvalue weighted by atomic mass is 16.5. The van der Waals surface area contributed by atoms with E-state index in [-0.39, 0.29) is 30.0 Å². The fraction of sp³-hybridized carbons (Fsp3) is 0.500. The molecule has 1 N–H and O–H groups in total. The number of ketones is 1. The molecule has 1 aliphatic heterocycles. The first-order chi connectivity index (χ1) is 9.29. The predicted octanol–water partition coefficient (Wildman–Crippen LogP) is 3.04. The Morgan fingerprint density at radius 2 is 2.05 bits per heavy atom. The van der Waals surface area contributed by atoms with Crippen molar-refractivity contribution < 1.29 is 19.4 Å². The summed E-state index contributed by atoms with van der Waals surface area (Å²) in [6, 6.07) is 5.48. The van der Waals surface area contributed by atoms with E-state index >= 15 is 0 Å². The van der Waals surface area contributed by atoms with Crippen molar-refractivity contribution in [2.24, 2.45) is 5.92 Å². The number of aliphatic carboxylic acids is 1. The van der Waals surface area contributed by atoms with Crippen LogP contribution >= 0.6 is 0 Å². The summed E-state index contributed by atoms with van der Waals surface area (Å²) in [6.07, 6.45) is 0.275. The third-order valence-electron chi connectivity index (χ3n) is 3.68. The van der Waals surface area contributed by atoms with Gasteiger partial charge < -0.3 is 9.84 Å². The zero-order chi connectivity index (χ0) is 14.9. The molecule has 4 nitrogen and oxygen atoms in total. The number of Topliss-reactive ketones (excluding diaryl/α,β-unsaturated/α-hetero) is 1. The van der Waals surface area contributed by atoms with Crippen LogP contribution in [0.3, 0.4) is 0 Å². The molecule has 0 amide bonds. The Kier molecular flexibility index (Phi) is 3.84. The van der Waals surface area contributed by atoms with Gasteiger partial charge in [0.1, 0.15) is 5.75 Å². The maximum atomic E-state index is 12.2. The summed E-state index contributed by atoms with van der Waals surface area (Å²) in [4.78, 5) is 22.9. The van der Waals surface area contributed by atoms with Crippen molar-refractivity contribution in [2.45, 2.75) is 39.0 Å². The molecule has 2 rings (SSSR count). The van der Waals surface area contributed by atoms with E-state index in [9.17, 15) is 9.59 Å². The third kappa shape index (κ3) is 3.00. The van der Waals surface area contributed by atoms with E-state index in [4.69, 9.17) is 9.84 Å². The third-order valence-corrected chi connectivity index (χ3v) is 3.68. The van der Waals surface area contributed by atoms with Gasteiger partial charge in [-0.15, -0.1) is 0 Å². The summed E-state index contributed by atoms with van der Waals surface area (Å²) >= 11 is 0. The van der Waals surface area contributed by atoms with Crippen LogP contribution in [-0.4, -0.2) is 23.5 Å². The van der Waals surface area contributed by atoms with Gasteiger partial charge in [0.2, 0.25) is 0 Å². The molecule has 1 aromatic carbocycles. The number of hydrogen-bond acceptors (Lipinski definition) is 3. The quantitative estimate of drug-likeness (QED) is 0.840. The first-order valence-electron chi connectivity index (χ1n) is 6.82. The van der Waals surface area contributed by atoms with Crippen LogP contribution in [0.5, 0.6) is 5.75 Å². The predicted molar refractivity (Wildman–Crippen MR) is 75.3 cm³/mol. The zero-order valence-electron chi connectivity index (χ0n) is 12.1. The first-order valence-corrected chi connectivity index (χ1v) is 6.82. The Morgan fingerprint density at radius 3 is 2.70 bits per heavy atom. The van der Waals surface area contributed by atoms with Crippen molar-refractivity contribution in [3.63, 3.8) is 0 Å². The van der Waals surface area contributed by atoms with Gasteiger partial charge in [-0.2, -0.15) is 0 Å². The molecule has 0 radical (unpaired) electrons. The van der Waals surface area contributed by atoms with E-state index < -0.39 is 5.97 Å². The molecule has 0 aliphatic carbocycles. The minimum atomic E-state index is -0.867. The smallest absolute Gasteiger partial charge is 0.303 e. The molecule has 1 unspecified atom stereocenters. The van der Waals surface area contributed by atoms with Crippen LogP contribution in [0.25, 0.3) is 0 Å². The molecular weight excluding hydrogens is 256 g/mol. The molecule has 0 fully saturated rings. The Balaban J connectivity index is 2.14. The van der Waals surface area contributed by atoms with E-state index in [1.54, 1.807) is 13.0 Å². The molecule has 0 spiro atoms. The van der Waals surface area contributed by atoms with Crippen LogP contribution in [0.2, 0.25) is 0 Å². The number of fused-ring (bicyclic) bond motifs is 1. The second-order valence-corrected chi connectivity index (χ2v) is 6.21. The van der Waals surface area contributed by atoms with Crippen LogP contribution in [-0.2, 0) is 10.2 Å². The molecule has 4 heteroatoms. The average Bonchev–Trinajstić information content (AvgIpc) is 2.64. The SMILES string of the molecule is CC(CC(=O)O)CC(=O)c1ccc2c(c1)C(C)(C)CO2. The summed E-state index contributed by atoms with van der Waals surface area (Å²) in [5, 5.41) is 8.73. The maximum absolute atomic E-state index is 12.2. The number of hydrogen-bond donors (Lipinski definition) is 1. The minimum Gasteiger partial charge on any atom is -0.492 e. The van der Waals surface area contributed by atoms with Crippen molar-refractivity contribution in [3.05, 3.63) is 29.3 Å². The molecule has 1 heterocycles. The Morgan fingerprint density at radius 1 is 1.35 bits per heavy atom. The summed E-state index contributed by atoms with van der Waals surface area (Å²) in [7, 11) is 0. The molecule has 1 atom stereocenters. The van der Waals surface area contributed by atoms with Gasteiger partial charge in [0.05, 0.1) is 6.61 Å². The summed E-state index contributed by atoms with van der Waals surface area (Å²) in [5.41, 5.74) is 1.60. The number of carboxylic acid groups (broad SMARTS) is 1. The molecule has 1 aromatic rings. The topological polar surface area (TPSA) is 63.6 Å². The average molecular weight is 276 g/mol. The molecule has 1 aliphatic rings. The van der Waals surface area contributed by atoms with E-state index in [1.807, 2.05) is 12.1 Å². The lowest BCUT2D eigenvalue weighted by molar-refractivity contribution is -0.137. The monoisotopic (exact) mass is 276 g/mol. The second kappa shape index (κ2) is 5.27. The lowest BCUT2D eigenvalue weighted by Gasteiger charge is -2.16. The lowest BCUT2D eigenvalue weighted by atomic mass is 9.85. The molecule has 0 saturated heterocycles. The summed E-state index contributed by atoms with van der Waals surface area (Å²) < 4.78 is 5.59. The van der Waals surface area contributed by atoms with Gasteiger partial charge in [0.25, 0.3) is 0 Å². The highest BCUT2D eigenvalue weighted by molar-refractivity contribution is 5.96. The maximum Gasteiger partial charge on any atom is 0.303 e. The zero-order valence-corrected chi connectivity index (χ0v) is 12.1. The number of carboxylic acids is 1. The van der Waals surface area contributed by atoms with Crippen molar-refractivity contribution in [1.82, 2.24) is 0 Å². The van der Waals surface area contributed by atoms with Crippen LogP contribution in [0.1, 0.15) is 49.5 Å². The van der Waals surface area contributed by atoms with Gasteiger partial charge in [-0.3, -0.25) is 9.59 Å². The van der Waals surface area contributed by atoms with E-state index in [2.05, 4.69) is 13.8 Å². The summed E-state index contributed by atoms with van der Waals surface area (Å²) in [6.45, 7) is 6.57. The van der Waals surface area contributed by atoms with Crippen molar-refractivity contribution >= 4 is 11.8 Å². The van der Waals surface area contributed by atoms with E-state index in [1.165, 1.54) is 0 Å².